The fraction of sp³-hybridized carbons (Fsp3) is 0.304. The zero-order chi connectivity index (χ0) is 19.9. The lowest BCUT2D eigenvalue weighted by molar-refractivity contribution is 0.0947. The molecule has 0 atom stereocenters. The van der Waals surface area contributed by atoms with E-state index < -0.39 is 0 Å². The first kappa shape index (κ1) is 19.8. The van der Waals surface area contributed by atoms with E-state index in [-0.39, 0.29) is 11.8 Å². The number of aryl methyl sites for hydroxylation is 1. The molecule has 0 saturated carbocycles. The van der Waals surface area contributed by atoms with Crippen LogP contribution in [0.2, 0.25) is 0 Å². The minimum absolute atomic E-state index is 0.108. The van der Waals surface area contributed by atoms with Gasteiger partial charge in [0.05, 0.1) is 18.9 Å². The van der Waals surface area contributed by atoms with Gasteiger partial charge in [0.15, 0.2) is 5.76 Å². The molecular weight excluding hydrogens is 352 g/mol. The number of rotatable bonds is 8. The Morgan fingerprint density at radius 2 is 1.61 bits per heavy atom. The quantitative estimate of drug-likeness (QED) is 0.614. The lowest BCUT2D eigenvalue weighted by Gasteiger charge is -2.09. The van der Waals surface area contributed by atoms with Crippen molar-refractivity contribution in [2.75, 3.05) is 0 Å². The fourth-order valence-electron chi connectivity index (χ4n) is 2.94. The highest BCUT2D eigenvalue weighted by molar-refractivity contribution is 5.96. The molecule has 0 saturated heterocycles. The Kier molecular flexibility index (Phi) is 6.61. The number of aromatic nitrogens is 1. The molecule has 0 aliphatic heterocycles. The van der Waals surface area contributed by atoms with Gasteiger partial charge in [0.1, 0.15) is 5.56 Å². The molecule has 1 N–H and O–H groups in total. The molecule has 0 aliphatic carbocycles. The molecule has 5 heteroatoms. The summed E-state index contributed by atoms with van der Waals surface area (Å²) in [5.41, 5.74) is 4.45. The van der Waals surface area contributed by atoms with Gasteiger partial charge in [-0.2, -0.15) is 0 Å². The second kappa shape index (κ2) is 9.33. The molecule has 0 bridgehead atoms. The number of hydrogen-bond acceptors (Lipinski definition) is 4. The molecule has 3 aromatic rings. The number of nitrogens with one attached hydrogen (secondary N) is 1. The van der Waals surface area contributed by atoms with Crippen molar-refractivity contribution in [1.82, 2.24) is 10.5 Å². The van der Waals surface area contributed by atoms with Crippen LogP contribution in [0, 0.1) is 6.92 Å². The second-order valence-electron chi connectivity index (χ2n) is 7.14. The molecule has 0 aliphatic rings. The smallest absolute Gasteiger partial charge is 0.257 e. The topological polar surface area (TPSA) is 64.4 Å². The van der Waals surface area contributed by atoms with E-state index in [9.17, 15) is 4.79 Å². The summed E-state index contributed by atoms with van der Waals surface area (Å²) in [4.78, 5) is 12.5. The summed E-state index contributed by atoms with van der Waals surface area (Å²) in [6.07, 6.45) is 0. The van der Waals surface area contributed by atoms with E-state index in [0.29, 0.717) is 36.8 Å². The largest absolute Gasteiger partial charge is 0.372 e. The predicted molar refractivity (Wildman–Crippen MR) is 108 cm³/mol. The maximum Gasteiger partial charge on any atom is 0.257 e. The number of amides is 1. The average molecular weight is 378 g/mol. The minimum atomic E-state index is -0.155. The van der Waals surface area contributed by atoms with Crippen LogP contribution in [0.3, 0.4) is 0 Å². The van der Waals surface area contributed by atoms with Gasteiger partial charge in [0, 0.05) is 12.5 Å². The highest BCUT2D eigenvalue weighted by Gasteiger charge is 2.22. The third kappa shape index (κ3) is 5.08. The monoisotopic (exact) mass is 378 g/mol. The van der Waals surface area contributed by atoms with Gasteiger partial charge in [0.25, 0.3) is 5.91 Å². The van der Waals surface area contributed by atoms with E-state index in [1.54, 1.807) is 6.92 Å². The molecule has 146 valence electrons. The molecule has 5 nitrogen and oxygen atoms in total. The molecule has 28 heavy (non-hydrogen) atoms. The average Bonchev–Trinajstić information content (AvgIpc) is 3.10. The van der Waals surface area contributed by atoms with Crippen LogP contribution < -0.4 is 5.32 Å². The SMILES string of the molecule is Cc1noc(C(C)C)c1C(=O)NCc1ccc(COCc2ccccc2)cc1. The van der Waals surface area contributed by atoms with Crippen molar-refractivity contribution in [3.05, 3.63) is 88.3 Å². The van der Waals surface area contributed by atoms with E-state index in [0.717, 1.165) is 16.7 Å². The molecule has 1 amide bonds. The summed E-state index contributed by atoms with van der Waals surface area (Å²) in [6, 6.07) is 18.2. The van der Waals surface area contributed by atoms with Gasteiger partial charge in [-0.3, -0.25) is 4.79 Å². The van der Waals surface area contributed by atoms with E-state index in [1.165, 1.54) is 0 Å². The second-order valence-corrected chi connectivity index (χ2v) is 7.14. The summed E-state index contributed by atoms with van der Waals surface area (Å²) < 4.78 is 11.0. The summed E-state index contributed by atoms with van der Waals surface area (Å²) in [5, 5.41) is 6.88. The number of nitrogens with zero attached hydrogens (tertiary/aromatic N) is 1. The van der Waals surface area contributed by atoms with Crippen LogP contribution in [0.25, 0.3) is 0 Å². The van der Waals surface area contributed by atoms with Crippen molar-refractivity contribution < 1.29 is 14.1 Å². The number of benzene rings is 2. The number of carbonyl (C=O) groups excluding carboxylic acids is 1. The van der Waals surface area contributed by atoms with E-state index in [4.69, 9.17) is 9.26 Å². The van der Waals surface area contributed by atoms with Crippen molar-refractivity contribution in [2.24, 2.45) is 0 Å². The zero-order valence-electron chi connectivity index (χ0n) is 16.6. The Hall–Kier alpha value is -2.92. The molecular formula is C23H26N2O3. The lowest BCUT2D eigenvalue weighted by Crippen LogP contribution is -2.24. The first-order valence-corrected chi connectivity index (χ1v) is 9.48. The highest BCUT2D eigenvalue weighted by atomic mass is 16.5. The predicted octanol–water partition coefficient (Wildman–Crippen LogP) is 4.75. The molecule has 3 rings (SSSR count). The molecule has 0 spiro atoms. The number of carbonyl (C=O) groups is 1. The van der Waals surface area contributed by atoms with E-state index >= 15 is 0 Å². The van der Waals surface area contributed by atoms with Gasteiger partial charge >= 0.3 is 0 Å². The van der Waals surface area contributed by atoms with Gasteiger partial charge in [-0.15, -0.1) is 0 Å². The zero-order valence-corrected chi connectivity index (χ0v) is 16.6. The van der Waals surface area contributed by atoms with Gasteiger partial charge in [-0.05, 0) is 23.6 Å². The molecule has 2 aromatic carbocycles. The van der Waals surface area contributed by atoms with Gasteiger partial charge < -0.3 is 14.6 Å². The van der Waals surface area contributed by atoms with Crippen LogP contribution in [0.5, 0.6) is 0 Å². The molecule has 0 fully saturated rings. The minimum Gasteiger partial charge on any atom is -0.372 e. The van der Waals surface area contributed by atoms with Crippen molar-refractivity contribution in [3.63, 3.8) is 0 Å². The van der Waals surface area contributed by atoms with Gasteiger partial charge in [-0.25, -0.2) is 0 Å². The first-order valence-electron chi connectivity index (χ1n) is 9.48. The maximum absolute atomic E-state index is 12.5. The Bertz CT molecular complexity index is 899. The van der Waals surface area contributed by atoms with Crippen LogP contribution in [-0.2, 0) is 24.5 Å². The van der Waals surface area contributed by atoms with E-state index in [2.05, 4.69) is 10.5 Å². The first-order chi connectivity index (χ1) is 13.5. The third-order valence-electron chi connectivity index (χ3n) is 4.50. The van der Waals surface area contributed by atoms with Gasteiger partial charge in [-0.1, -0.05) is 73.6 Å². The summed E-state index contributed by atoms with van der Waals surface area (Å²) >= 11 is 0. The maximum atomic E-state index is 12.5. The molecule has 0 unspecified atom stereocenters. The Morgan fingerprint density at radius 1 is 1.00 bits per heavy atom. The molecule has 1 aromatic heterocycles. The van der Waals surface area contributed by atoms with Crippen molar-refractivity contribution in [3.8, 4) is 0 Å². The standard InChI is InChI=1S/C23H26N2O3/c1-16(2)22-21(17(3)25-28-22)23(26)24-13-18-9-11-20(12-10-18)15-27-14-19-7-5-4-6-8-19/h4-12,16H,13-15H2,1-3H3,(H,24,26). The van der Waals surface area contributed by atoms with Crippen LogP contribution in [0.1, 0.15) is 58.3 Å². The van der Waals surface area contributed by atoms with Crippen molar-refractivity contribution in [2.45, 2.75) is 46.4 Å². The Labute approximate surface area is 165 Å². The van der Waals surface area contributed by atoms with Gasteiger partial charge in [0.2, 0.25) is 0 Å². The Morgan fingerprint density at radius 3 is 2.25 bits per heavy atom. The normalized spacial score (nSPS) is 11.0. The summed E-state index contributed by atoms with van der Waals surface area (Å²) in [5.74, 6) is 0.579. The number of hydrogen-bond donors (Lipinski definition) is 1. The van der Waals surface area contributed by atoms with E-state index in [1.807, 2.05) is 68.4 Å². The summed E-state index contributed by atoms with van der Waals surface area (Å²) in [6.45, 7) is 7.35. The van der Waals surface area contributed by atoms with Crippen LogP contribution in [0.15, 0.2) is 59.1 Å². The van der Waals surface area contributed by atoms with Crippen LogP contribution >= 0.6 is 0 Å². The Balaban J connectivity index is 1.50. The lowest BCUT2D eigenvalue weighted by atomic mass is 10.0. The van der Waals surface area contributed by atoms with Crippen molar-refractivity contribution in [1.29, 1.82) is 0 Å². The van der Waals surface area contributed by atoms with Crippen LogP contribution in [0.4, 0.5) is 0 Å². The molecule has 1 heterocycles. The molecule has 0 radical (unpaired) electrons. The summed E-state index contributed by atoms with van der Waals surface area (Å²) in [7, 11) is 0. The third-order valence-corrected chi connectivity index (χ3v) is 4.50. The van der Waals surface area contributed by atoms with Crippen LogP contribution in [-0.4, -0.2) is 11.1 Å². The fourth-order valence-corrected chi connectivity index (χ4v) is 2.94. The highest BCUT2D eigenvalue weighted by Crippen LogP contribution is 2.22. The van der Waals surface area contributed by atoms with Crippen molar-refractivity contribution >= 4 is 5.91 Å². The number of ether oxygens (including phenoxy) is 1.